The Morgan fingerprint density at radius 2 is 2.17 bits per heavy atom. The molecule has 0 heterocycles. The van der Waals surface area contributed by atoms with Crippen LogP contribution in [0.25, 0.3) is 0 Å². The highest BCUT2D eigenvalue weighted by molar-refractivity contribution is 4.96. The molecule has 1 fully saturated rings. The van der Waals surface area contributed by atoms with Crippen LogP contribution < -0.4 is 5.73 Å². The van der Waals surface area contributed by atoms with Crippen LogP contribution in [0.3, 0.4) is 0 Å². The molecule has 1 aliphatic rings. The fourth-order valence-corrected chi connectivity index (χ4v) is 1.74. The Morgan fingerprint density at radius 1 is 1.58 bits per heavy atom. The lowest BCUT2D eigenvalue weighted by Gasteiger charge is -2.34. The highest BCUT2D eigenvalue weighted by Crippen LogP contribution is 2.29. The van der Waals surface area contributed by atoms with Crippen molar-refractivity contribution in [2.45, 2.75) is 43.7 Å². The minimum atomic E-state index is -0.232. The molecule has 68 valence electrons. The Labute approximate surface area is 73.5 Å². The lowest BCUT2D eigenvalue weighted by Crippen LogP contribution is -2.44. The van der Waals surface area contributed by atoms with E-state index in [1.54, 1.807) is 7.11 Å². The molecular weight excluding hydrogens is 152 g/mol. The van der Waals surface area contributed by atoms with Crippen LogP contribution in [-0.4, -0.2) is 18.8 Å². The summed E-state index contributed by atoms with van der Waals surface area (Å²) >= 11 is 0. The van der Waals surface area contributed by atoms with Crippen molar-refractivity contribution in [1.29, 1.82) is 5.26 Å². The topological polar surface area (TPSA) is 59.0 Å². The van der Waals surface area contributed by atoms with Gasteiger partial charge in [-0.05, 0) is 25.7 Å². The minimum absolute atomic E-state index is 0.232. The molecule has 0 radical (unpaired) electrons. The predicted molar refractivity (Wildman–Crippen MR) is 46.4 cm³/mol. The molecule has 1 aliphatic carbocycles. The van der Waals surface area contributed by atoms with Crippen molar-refractivity contribution in [1.82, 2.24) is 0 Å². The van der Waals surface area contributed by atoms with E-state index in [2.05, 4.69) is 6.07 Å². The molecule has 0 spiro atoms. The van der Waals surface area contributed by atoms with Crippen LogP contribution >= 0.6 is 0 Å². The van der Waals surface area contributed by atoms with Crippen molar-refractivity contribution < 1.29 is 4.74 Å². The van der Waals surface area contributed by atoms with Crippen molar-refractivity contribution in [3.63, 3.8) is 0 Å². The predicted octanol–water partition coefficient (Wildman–Crippen LogP) is 1.19. The summed E-state index contributed by atoms with van der Waals surface area (Å²) in [7, 11) is 1.73. The van der Waals surface area contributed by atoms with Crippen LogP contribution in [0.4, 0.5) is 0 Å². The van der Waals surface area contributed by atoms with Gasteiger partial charge in [0.1, 0.15) is 0 Å². The van der Waals surface area contributed by atoms with Crippen LogP contribution in [0.1, 0.15) is 32.1 Å². The third-order valence-corrected chi connectivity index (χ3v) is 2.69. The summed E-state index contributed by atoms with van der Waals surface area (Å²) < 4.78 is 5.22. The van der Waals surface area contributed by atoms with Crippen LogP contribution in [-0.2, 0) is 4.74 Å². The molecule has 1 rings (SSSR count). The number of rotatable bonds is 2. The summed E-state index contributed by atoms with van der Waals surface area (Å²) in [5.74, 6) is 0. The minimum Gasteiger partial charge on any atom is -0.381 e. The van der Waals surface area contributed by atoms with E-state index in [1.807, 2.05) is 0 Å². The van der Waals surface area contributed by atoms with Crippen LogP contribution in [0, 0.1) is 11.3 Å². The van der Waals surface area contributed by atoms with E-state index in [0.717, 1.165) is 25.7 Å². The number of nitrogens with zero attached hydrogens (tertiary/aromatic N) is 1. The fourth-order valence-electron chi connectivity index (χ4n) is 1.74. The van der Waals surface area contributed by atoms with E-state index in [9.17, 15) is 0 Å². The molecule has 0 atom stereocenters. The van der Waals surface area contributed by atoms with Gasteiger partial charge >= 0.3 is 0 Å². The highest BCUT2D eigenvalue weighted by Gasteiger charge is 2.31. The van der Waals surface area contributed by atoms with Crippen molar-refractivity contribution in [3.8, 4) is 6.07 Å². The van der Waals surface area contributed by atoms with Crippen molar-refractivity contribution in [2.75, 3.05) is 7.11 Å². The molecule has 0 aliphatic heterocycles. The first-order valence-corrected chi connectivity index (χ1v) is 4.39. The summed E-state index contributed by atoms with van der Waals surface area (Å²) in [5.41, 5.74) is 5.78. The van der Waals surface area contributed by atoms with Gasteiger partial charge in [0.15, 0.2) is 0 Å². The normalized spacial score (nSPS) is 35.9. The van der Waals surface area contributed by atoms with Gasteiger partial charge in [0, 0.05) is 12.6 Å². The average Bonchev–Trinajstić information content (AvgIpc) is 2.06. The third-order valence-electron chi connectivity index (χ3n) is 2.69. The molecule has 0 amide bonds. The second kappa shape index (κ2) is 3.88. The molecule has 0 aromatic rings. The Kier molecular flexibility index (Phi) is 3.07. The average molecular weight is 168 g/mol. The Morgan fingerprint density at radius 3 is 2.58 bits per heavy atom. The molecule has 0 saturated heterocycles. The number of methoxy groups -OCH3 is 1. The molecule has 1 saturated carbocycles. The van der Waals surface area contributed by atoms with Gasteiger partial charge in [0.2, 0.25) is 0 Å². The van der Waals surface area contributed by atoms with E-state index in [-0.39, 0.29) is 5.54 Å². The monoisotopic (exact) mass is 168 g/mol. The first-order valence-electron chi connectivity index (χ1n) is 4.39. The molecule has 0 unspecified atom stereocenters. The summed E-state index contributed by atoms with van der Waals surface area (Å²) in [6.45, 7) is 0. The van der Waals surface area contributed by atoms with Crippen LogP contribution in [0.2, 0.25) is 0 Å². The van der Waals surface area contributed by atoms with E-state index < -0.39 is 0 Å². The standard InChI is InChI=1S/C9H16N2O/c1-12-8-2-4-9(11,5-3-8)6-7-10/h8H,2-6,11H2,1H3. The van der Waals surface area contributed by atoms with Crippen molar-refractivity contribution in [3.05, 3.63) is 0 Å². The zero-order valence-electron chi connectivity index (χ0n) is 7.55. The lowest BCUT2D eigenvalue weighted by atomic mass is 9.79. The first-order chi connectivity index (χ1) is 5.70. The molecule has 0 bridgehead atoms. The summed E-state index contributed by atoms with van der Waals surface area (Å²) in [4.78, 5) is 0. The summed E-state index contributed by atoms with van der Waals surface area (Å²) in [5, 5.41) is 8.55. The molecule has 0 aromatic carbocycles. The maximum absolute atomic E-state index is 8.55. The lowest BCUT2D eigenvalue weighted by molar-refractivity contribution is 0.0507. The molecule has 3 heteroatoms. The Hall–Kier alpha value is -0.590. The maximum atomic E-state index is 8.55. The van der Waals surface area contributed by atoms with Gasteiger partial charge in [-0.2, -0.15) is 5.26 Å². The number of hydrogen-bond acceptors (Lipinski definition) is 3. The van der Waals surface area contributed by atoms with E-state index in [0.29, 0.717) is 12.5 Å². The van der Waals surface area contributed by atoms with Crippen molar-refractivity contribution >= 4 is 0 Å². The quantitative estimate of drug-likeness (QED) is 0.673. The molecule has 12 heavy (non-hydrogen) atoms. The Bertz CT molecular complexity index is 177. The largest absolute Gasteiger partial charge is 0.381 e. The zero-order chi connectivity index (χ0) is 9.03. The fraction of sp³-hybridized carbons (Fsp3) is 0.889. The summed E-state index contributed by atoms with van der Waals surface area (Å²) in [6, 6.07) is 2.14. The molecule has 3 nitrogen and oxygen atoms in total. The second-order valence-corrected chi connectivity index (χ2v) is 3.63. The van der Waals surface area contributed by atoms with Gasteiger partial charge in [-0.3, -0.25) is 0 Å². The second-order valence-electron chi connectivity index (χ2n) is 3.63. The van der Waals surface area contributed by atoms with Gasteiger partial charge in [-0.1, -0.05) is 0 Å². The van der Waals surface area contributed by atoms with E-state index in [1.165, 1.54) is 0 Å². The van der Waals surface area contributed by atoms with Crippen molar-refractivity contribution in [2.24, 2.45) is 5.73 Å². The number of nitriles is 1. The number of hydrogen-bond donors (Lipinski definition) is 1. The summed E-state index contributed by atoms with van der Waals surface area (Å²) in [6.07, 6.45) is 4.66. The maximum Gasteiger partial charge on any atom is 0.0641 e. The number of nitrogens with two attached hydrogens (primary N) is 1. The van der Waals surface area contributed by atoms with Crippen LogP contribution in [0.15, 0.2) is 0 Å². The molecular formula is C9H16N2O. The SMILES string of the molecule is COC1CCC(N)(CC#N)CC1. The number of ether oxygens (including phenoxy) is 1. The van der Waals surface area contributed by atoms with Gasteiger partial charge in [0.25, 0.3) is 0 Å². The van der Waals surface area contributed by atoms with Gasteiger partial charge in [-0.15, -0.1) is 0 Å². The molecule has 0 aromatic heterocycles. The zero-order valence-corrected chi connectivity index (χ0v) is 7.55. The first kappa shape index (κ1) is 9.50. The van der Waals surface area contributed by atoms with Gasteiger partial charge in [0.05, 0.1) is 18.6 Å². The third kappa shape index (κ3) is 2.20. The van der Waals surface area contributed by atoms with Gasteiger partial charge in [-0.25, -0.2) is 0 Å². The molecule has 2 N–H and O–H groups in total. The smallest absolute Gasteiger partial charge is 0.0641 e. The van der Waals surface area contributed by atoms with Gasteiger partial charge < -0.3 is 10.5 Å². The van der Waals surface area contributed by atoms with E-state index in [4.69, 9.17) is 15.7 Å². The van der Waals surface area contributed by atoms with E-state index >= 15 is 0 Å². The van der Waals surface area contributed by atoms with Crippen LogP contribution in [0.5, 0.6) is 0 Å². The highest BCUT2D eigenvalue weighted by atomic mass is 16.5. The Balaban J connectivity index is 2.39.